The number of ether oxygens (including phenoxy) is 2. The van der Waals surface area contributed by atoms with E-state index in [-0.39, 0.29) is 12.0 Å². The molecular formula is C20H22ClN3O2. The Kier molecular flexibility index (Phi) is 3.92. The molecule has 0 aromatic heterocycles. The van der Waals surface area contributed by atoms with Crippen molar-refractivity contribution in [2.45, 2.75) is 37.4 Å². The Morgan fingerprint density at radius 3 is 3.12 bits per heavy atom. The molecule has 0 amide bonds. The third-order valence-electron chi connectivity index (χ3n) is 5.88. The number of hydrogen-bond acceptors (Lipinski definition) is 5. The second-order valence-corrected chi connectivity index (χ2v) is 7.79. The number of nitrogens with zero attached hydrogens (tertiary/aromatic N) is 2. The van der Waals surface area contributed by atoms with Crippen LogP contribution < -0.4 is 5.32 Å². The summed E-state index contributed by atoms with van der Waals surface area (Å²) in [5.41, 5.74) is 2.21. The molecule has 1 N–H and O–H groups in total. The van der Waals surface area contributed by atoms with Crippen LogP contribution in [0.3, 0.4) is 0 Å². The Hall–Kier alpha value is -2.01. The minimum Gasteiger partial charge on any atom is -0.493 e. The zero-order valence-corrected chi connectivity index (χ0v) is 15.4. The van der Waals surface area contributed by atoms with Gasteiger partial charge in [0.1, 0.15) is 17.7 Å². The van der Waals surface area contributed by atoms with Gasteiger partial charge in [-0.15, -0.1) is 0 Å². The SMILES string of the molecule is COC1=NC(Cl)N=C(C2C=CC3C4=C(CC5CCC=CC5=C4)OC3C2)N1. The average molecular weight is 372 g/mol. The summed E-state index contributed by atoms with van der Waals surface area (Å²) in [6, 6.07) is 0.413. The first-order chi connectivity index (χ1) is 12.7. The van der Waals surface area contributed by atoms with Crippen molar-refractivity contribution in [3.8, 4) is 0 Å². The normalized spacial score (nSPS) is 37.5. The van der Waals surface area contributed by atoms with Crippen LogP contribution in [0.5, 0.6) is 0 Å². The number of hydrogen-bond donors (Lipinski definition) is 1. The molecule has 0 saturated carbocycles. The van der Waals surface area contributed by atoms with Crippen molar-refractivity contribution in [2.24, 2.45) is 27.7 Å². The fraction of sp³-hybridized carbons (Fsp3) is 0.500. The topological polar surface area (TPSA) is 55.2 Å². The second kappa shape index (κ2) is 6.31. The molecule has 2 heterocycles. The number of aliphatic imine (C=N–C) groups is 2. The molecule has 6 heteroatoms. The van der Waals surface area contributed by atoms with Crippen LogP contribution in [0.2, 0.25) is 0 Å². The van der Waals surface area contributed by atoms with Crippen molar-refractivity contribution in [2.75, 3.05) is 7.11 Å². The lowest BCUT2D eigenvalue weighted by molar-refractivity contribution is 0.0984. The molecule has 3 aliphatic carbocycles. The summed E-state index contributed by atoms with van der Waals surface area (Å²) in [6.45, 7) is 0. The van der Waals surface area contributed by atoms with Gasteiger partial charge in [-0.3, -0.25) is 5.32 Å². The lowest BCUT2D eigenvalue weighted by Gasteiger charge is -2.29. The number of nitrogens with one attached hydrogen (secondary N) is 1. The summed E-state index contributed by atoms with van der Waals surface area (Å²) >= 11 is 6.11. The molecule has 0 fully saturated rings. The van der Waals surface area contributed by atoms with Gasteiger partial charge in [0.15, 0.2) is 0 Å². The highest BCUT2D eigenvalue weighted by Crippen LogP contribution is 2.47. The molecule has 0 aromatic carbocycles. The number of amidine groups is 2. The first kappa shape index (κ1) is 16.2. The van der Waals surface area contributed by atoms with Crippen LogP contribution in [0, 0.1) is 17.8 Å². The highest BCUT2D eigenvalue weighted by Gasteiger charge is 2.41. The van der Waals surface area contributed by atoms with Gasteiger partial charge in [-0.25, -0.2) is 4.99 Å². The van der Waals surface area contributed by atoms with Crippen molar-refractivity contribution < 1.29 is 9.47 Å². The summed E-state index contributed by atoms with van der Waals surface area (Å²) < 4.78 is 11.6. The van der Waals surface area contributed by atoms with Crippen LogP contribution in [0.1, 0.15) is 25.7 Å². The molecule has 2 aliphatic heterocycles. The Morgan fingerprint density at radius 1 is 1.31 bits per heavy atom. The third kappa shape index (κ3) is 2.69. The molecular weight excluding hydrogens is 350 g/mol. The molecule has 5 atom stereocenters. The van der Waals surface area contributed by atoms with Gasteiger partial charge in [0.25, 0.3) is 6.02 Å². The predicted molar refractivity (Wildman–Crippen MR) is 102 cm³/mol. The standard InChI is InChI=1S/C20H22ClN3O2/c1-25-20-23-18(22-19(21)24-20)13-6-7-14-15-8-11-4-2-3-5-12(11)9-17(15)26-16(14)10-13/h2,4,6-8,12-14,16,19H,3,5,9-10H2,1H3,(H,22,23,24). The number of halogens is 1. The number of rotatable bonds is 1. The number of methoxy groups -OCH3 is 1. The molecule has 0 spiro atoms. The van der Waals surface area contributed by atoms with Gasteiger partial charge in [-0.1, -0.05) is 42.0 Å². The first-order valence-corrected chi connectivity index (χ1v) is 9.71. The highest BCUT2D eigenvalue weighted by molar-refractivity contribution is 6.22. The Labute approximate surface area is 158 Å². The Morgan fingerprint density at radius 2 is 2.23 bits per heavy atom. The van der Waals surface area contributed by atoms with Gasteiger partial charge in [-0.05, 0) is 30.8 Å². The summed E-state index contributed by atoms with van der Waals surface area (Å²) in [6.07, 6.45) is 15.9. The van der Waals surface area contributed by atoms with E-state index in [0.29, 0.717) is 17.9 Å². The van der Waals surface area contributed by atoms with Gasteiger partial charge in [0.2, 0.25) is 5.62 Å². The Balaban J connectivity index is 1.36. The van der Waals surface area contributed by atoms with Gasteiger partial charge in [0, 0.05) is 23.8 Å². The predicted octanol–water partition coefficient (Wildman–Crippen LogP) is 3.65. The molecule has 136 valence electrons. The van der Waals surface area contributed by atoms with Crippen LogP contribution in [-0.2, 0) is 9.47 Å². The zero-order chi connectivity index (χ0) is 17.7. The third-order valence-corrected chi connectivity index (χ3v) is 6.07. The quantitative estimate of drug-likeness (QED) is 0.435. The van der Waals surface area contributed by atoms with Crippen LogP contribution in [0.4, 0.5) is 0 Å². The van der Waals surface area contributed by atoms with E-state index in [0.717, 1.165) is 18.7 Å². The molecule has 5 rings (SSSR count). The molecule has 5 aliphatic rings. The molecule has 0 bridgehead atoms. The van der Waals surface area contributed by atoms with Crippen molar-refractivity contribution in [1.82, 2.24) is 5.32 Å². The maximum atomic E-state index is 6.40. The maximum absolute atomic E-state index is 6.40. The highest BCUT2D eigenvalue weighted by atomic mass is 35.5. The van der Waals surface area contributed by atoms with E-state index in [9.17, 15) is 0 Å². The van der Waals surface area contributed by atoms with Crippen molar-refractivity contribution in [3.05, 3.63) is 47.3 Å². The van der Waals surface area contributed by atoms with Crippen molar-refractivity contribution in [3.63, 3.8) is 0 Å². The maximum Gasteiger partial charge on any atom is 0.293 e. The number of fused-ring (bicyclic) bond motifs is 3. The first-order valence-electron chi connectivity index (χ1n) is 9.28. The van der Waals surface area contributed by atoms with Gasteiger partial charge < -0.3 is 9.47 Å². The zero-order valence-electron chi connectivity index (χ0n) is 14.7. The monoisotopic (exact) mass is 371 g/mol. The summed E-state index contributed by atoms with van der Waals surface area (Å²) in [5.74, 6) is 3.10. The minimum atomic E-state index is -0.636. The van der Waals surface area contributed by atoms with E-state index < -0.39 is 5.62 Å². The van der Waals surface area contributed by atoms with Gasteiger partial charge >= 0.3 is 0 Å². The van der Waals surface area contributed by atoms with Gasteiger partial charge in [-0.2, -0.15) is 4.99 Å². The van der Waals surface area contributed by atoms with E-state index in [4.69, 9.17) is 21.1 Å². The Bertz CT molecular complexity index is 808. The van der Waals surface area contributed by atoms with Crippen LogP contribution in [0.25, 0.3) is 0 Å². The summed E-state index contributed by atoms with van der Waals surface area (Å²) in [4.78, 5) is 8.53. The molecule has 0 radical (unpaired) electrons. The molecule has 5 unspecified atom stereocenters. The average Bonchev–Trinajstić information content (AvgIpc) is 3.02. The van der Waals surface area contributed by atoms with E-state index in [1.54, 1.807) is 7.11 Å². The second-order valence-electron chi connectivity index (χ2n) is 7.40. The van der Waals surface area contributed by atoms with E-state index in [1.807, 2.05) is 0 Å². The summed E-state index contributed by atoms with van der Waals surface area (Å²) in [7, 11) is 1.57. The summed E-state index contributed by atoms with van der Waals surface area (Å²) in [5, 5.41) is 3.14. The van der Waals surface area contributed by atoms with Crippen LogP contribution in [-0.4, -0.2) is 30.7 Å². The van der Waals surface area contributed by atoms with E-state index in [2.05, 4.69) is 45.7 Å². The van der Waals surface area contributed by atoms with Gasteiger partial charge in [0.05, 0.1) is 7.11 Å². The number of allylic oxidation sites excluding steroid dienone is 5. The van der Waals surface area contributed by atoms with E-state index >= 15 is 0 Å². The molecule has 0 aromatic rings. The lowest BCUT2D eigenvalue weighted by atomic mass is 9.76. The van der Waals surface area contributed by atoms with Crippen molar-refractivity contribution >= 4 is 23.5 Å². The smallest absolute Gasteiger partial charge is 0.293 e. The molecule has 5 nitrogen and oxygen atoms in total. The van der Waals surface area contributed by atoms with E-state index in [1.165, 1.54) is 29.7 Å². The lowest BCUT2D eigenvalue weighted by Crippen LogP contribution is -2.42. The fourth-order valence-electron chi connectivity index (χ4n) is 4.58. The molecule has 26 heavy (non-hydrogen) atoms. The molecule has 0 saturated heterocycles. The minimum absolute atomic E-state index is 0.134. The number of alkyl halides is 1. The van der Waals surface area contributed by atoms with Crippen LogP contribution >= 0.6 is 11.6 Å². The van der Waals surface area contributed by atoms with Crippen molar-refractivity contribution in [1.29, 1.82) is 0 Å². The van der Waals surface area contributed by atoms with Crippen LogP contribution in [0.15, 0.2) is 57.3 Å². The fourth-order valence-corrected chi connectivity index (χ4v) is 4.77. The largest absolute Gasteiger partial charge is 0.493 e.